The van der Waals surface area contributed by atoms with Crippen LogP contribution in [0.25, 0.3) is 10.4 Å². The molecule has 0 bridgehead atoms. The monoisotopic (exact) mass is 347 g/mol. The fourth-order valence-electron chi connectivity index (χ4n) is 2.55. The van der Waals surface area contributed by atoms with E-state index >= 15 is 0 Å². The average Bonchev–Trinajstić information content (AvgIpc) is 3.04. The van der Waals surface area contributed by atoms with Crippen molar-refractivity contribution in [3.8, 4) is 16.2 Å². The van der Waals surface area contributed by atoms with E-state index in [-0.39, 0.29) is 11.3 Å². The van der Waals surface area contributed by atoms with E-state index < -0.39 is 5.97 Å². The molecule has 0 saturated heterocycles. The Hall–Kier alpha value is -2.01. The summed E-state index contributed by atoms with van der Waals surface area (Å²) in [6, 6.07) is 8.90. The number of anilines is 1. The number of aromatic carboxylic acids is 1. The summed E-state index contributed by atoms with van der Waals surface area (Å²) < 4.78 is 0. The Labute approximate surface area is 147 Å². The Kier molecular flexibility index (Phi) is 6.67. The highest BCUT2D eigenvalue weighted by Gasteiger charge is 2.13. The third-order valence-electron chi connectivity index (χ3n) is 3.98. The average molecular weight is 347 g/mol. The van der Waals surface area contributed by atoms with Crippen molar-refractivity contribution in [3.05, 3.63) is 35.9 Å². The standard InChI is InChI=1S/C19H25NO3S/c1-3-5-11-20(12-6-4-2)18-10-9-17(24-18)14-7-8-15(19(22)23)16(21)13-14/h7-10,13,21H,3-6,11-12H2,1-2H3,(H,22,23). The lowest BCUT2D eigenvalue weighted by atomic mass is 10.1. The number of benzene rings is 1. The first-order chi connectivity index (χ1) is 11.6. The highest BCUT2D eigenvalue weighted by molar-refractivity contribution is 7.19. The maximum absolute atomic E-state index is 11.0. The molecule has 0 saturated carbocycles. The molecule has 0 fully saturated rings. The Bertz CT molecular complexity index is 673. The molecule has 0 aliphatic rings. The number of rotatable bonds is 9. The van der Waals surface area contributed by atoms with Gasteiger partial charge in [-0.05, 0) is 42.7 Å². The first-order valence-electron chi connectivity index (χ1n) is 8.48. The van der Waals surface area contributed by atoms with E-state index in [1.165, 1.54) is 42.8 Å². The molecule has 0 atom stereocenters. The number of thiophene rings is 1. The summed E-state index contributed by atoms with van der Waals surface area (Å²) in [5, 5.41) is 20.1. The van der Waals surface area contributed by atoms with Crippen LogP contribution in [0.15, 0.2) is 30.3 Å². The van der Waals surface area contributed by atoms with Crippen molar-refractivity contribution >= 4 is 22.3 Å². The van der Waals surface area contributed by atoms with E-state index in [4.69, 9.17) is 5.11 Å². The van der Waals surface area contributed by atoms with Crippen LogP contribution in [0.5, 0.6) is 5.75 Å². The zero-order chi connectivity index (χ0) is 17.5. The molecular weight excluding hydrogens is 322 g/mol. The van der Waals surface area contributed by atoms with Gasteiger partial charge in [0.2, 0.25) is 0 Å². The van der Waals surface area contributed by atoms with E-state index in [1.54, 1.807) is 17.4 Å². The second kappa shape index (κ2) is 8.73. The number of nitrogens with zero attached hydrogens (tertiary/aromatic N) is 1. The molecule has 0 aliphatic carbocycles. The summed E-state index contributed by atoms with van der Waals surface area (Å²) >= 11 is 1.69. The smallest absolute Gasteiger partial charge is 0.339 e. The van der Waals surface area contributed by atoms with E-state index in [0.717, 1.165) is 23.5 Å². The maximum atomic E-state index is 11.0. The molecule has 2 rings (SSSR count). The number of unbranched alkanes of at least 4 members (excludes halogenated alkanes) is 2. The molecule has 2 N–H and O–H groups in total. The molecule has 1 aromatic carbocycles. The van der Waals surface area contributed by atoms with Crippen molar-refractivity contribution in [3.63, 3.8) is 0 Å². The van der Waals surface area contributed by atoms with Crippen molar-refractivity contribution in [1.82, 2.24) is 0 Å². The van der Waals surface area contributed by atoms with E-state index in [2.05, 4.69) is 24.8 Å². The summed E-state index contributed by atoms with van der Waals surface area (Å²) in [5.41, 5.74) is 0.780. The van der Waals surface area contributed by atoms with Crippen LogP contribution in [-0.4, -0.2) is 29.3 Å². The molecule has 1 heterocycles. The van der Waals surface area contributed by atoms with Crippen molar-refractivity contribution in [2.45, 2.75) is 39.5 Å². The Morgan fingerprint density at radius 1 is 1.08 bits per heavy atom. The quantitative estimate of drug-likeness (QED) is 0.652. The van der Waals surface area contributed by atoms with Crippen LogP contribution < -0.4 is 4.90 Å². The van der Waals surface area contributed by atoms with E-state index in [0.29, 0.717) is 0 Å². The Morgan fingerprint density at radius 3 is 2.29 bits per heavy atom. The van der Waals surface area contributed by atoms with Crippen molar-refractivity contribution in [2.75, 3.05) is 18.0 Å². The molecule has 1 aromatic heterocycles. The van der Waals surface area contributed by atoms with Gasteiger partial charge in [0.25, 0.3) is 0 Å². The number of carbonyl (C=O) groups is 1. The van der Waals surface area contributed by atoms with Gasteiger partial charge in [0, 0.05) is 18.0 Å². The number of carboxylic acids is 1. The minimum Gasteiger partial charge on any atom is -0.507 e. The summed E-state index contributed by atoms with van der Waals surface area (Å²) in [6.45, 7) is 6.51. The molecule has 4 nitrogen and oxygen atoms in total. The highest BCUT2D eigenvalue weighted by atomic mass is 32.1. The fraction of sp³-hybridized carbons (Fsp3) is 0.421. The second-order valence-corrected chi connectivity index (χ2v) is 6.93. The first-order valence-corrected chi connectivity index (χ1v) is 9.30. The zero-order valence-corrected chi connectivity index (χ0v) is 15.1. The minimum atomic E-state index is -1.11. The van der Waals surface area contributed by atoms with Crippen LogP contribution in [0, 0.1) is 0 Å². The van der Waals surface area contributed by atoms with Crippen LogP contribution in [0.1, 0.15) is 49.9 Å². The summed E-state index contributed by atoms with van der Waals surface area (Å²) in [6.07, 6.45) is 4.69. The van der Waals surface area contributed by atoms with Crippen LogP contribution in [-0.2, 0) is 0 Å². The number of carboxylic acid groups (broad SMARTS) is 1. The molecule has 0 unspecified atom stereocenters. The minimum absolute atomic E-state index is 0.0666. The summed E-state index contributed by atoms with van der Waals surface area (Å²) in [5.74, 6) is -1.31. The largest absolute Gasteiger partial charge is 0.507 e. The number of aromatic hydroxyl groups is 1. The first kappa shape index (κ1) is 18.3. The van der Waals surface area contributed by atoms with Crippen LogP contribution >= 0.6 is 11.3 Å². The van der Waals surface area contributed by atoms with Gasteiger partial charge in [-0.2, -0.15) is 0 Å². The lowest BCUT2D eigenvalue weighted by Gasteiger charge is -2.22. The normalized spacial score (nSPS) is 10.8. The molecule has 0 aliphatic heterocycles. The van der Waals surface area contributed by atoms with Gasteiger partial charge in [-0.25, -0.2) is 4.79 Å². The maximum Gasteiger partial charge on any atom is 0.339 e. The molecule has 0 radical (unpaired) electrons. The molecule has 130 valence electrons. The van der Waals surface area contributed by atoms with E-state index in [1.807, 2.05) is 6.07 Å². The van der Waals surface area contributed by atoms with Gasteiger partial charge < -0.3 is 15.1 Å². The molecule has 2 aromatic rings. The van der Waals surface area contributed by atoms with Crippen molar-refractivity contribution in [1.29, 1.82) is 0 Å². The van der Waals surface area contributed by atoms with E-state index in [9.17, 15) is 9.90 Å². The lowest BCUT2D eigenvalue weighted by molar-refractivity contribution is 0.0694. The van der Waals surface area contributed by atoms with Crippen LogP contribution in [0.3, 0.4) is 0 Å². The number of hydrogen-bond donors (Lipinski definition) is 2. The lowest BCUT2D eigenvalue weighted by Crippen LogP contribution is -2.24. The van der Waals surface area contributed by atoms with Crippen molar-refractivity contribution in [2.24, 2.45) is 0 Å². The van der Waals surface area contributed by atoms with Crippen molar-refractivity contribution < 1.29 is 15.0 Å². The van der Waals surface area contributed by atoms with Gasteiger partial charge in [0.05, 0.1) is 5.00 Å². The predicted octanol–water partition coefficient (Wildman–Crippen LogP) is 5.23. The van der Waals surface area contributed by atoms with Gasteiger partial charge in [-0.15, -0.1) is 11.3 Å². The Morgan fingerprint density at radius 2 is 1.75 bits per heavy atom. The molecule has 24 heavy (non-hydrogen) atoms. The highest BCUT2D eigenvalue weighted by Crippen LogP contribution is 2.36. The summed E-state index contributed by atoms with van der Waals surface area (Å²) in [7, 11) is 0. The van der Waals surface area contributed by atoms with Crippen LogP contribution in [0.4, 0.5) is 5.00 Å². The summed E-state index contributed by atoms with van der Waals surface area (Å²) in [4.78, 5) is 14.5. The Balaban J connectivity index is 2.21. The predicted molar refractivity (Wildman–Crippen MR) is 100 cm³/mol. The van der Waals surface area contributed by atoms with Gasteiger partial charge in [-0.3, -0.25) is 0 Å². The second-order valence-electron chi connectivity index (χ2n) is 5.87. The van der Waals surface area contributed by atoms with Gasteiger partial charge in [0.15, 0.2) is 0 Å². The molecule has 5 heteroatoms. The van der Waals surface area contributed by atoms with Gasteiger partial charge in [-0.1, -0.05) is 32.8 Å². The zero-order valence-electron chi connectivity index (χ0n) is 14.3. The molecule has 0 spiro atoms. The third-order valence-corrected chi connectivity index (χ3v) is 5.17. The van der Waals surface area contributed by atoms with Crippen LogP contribution in [0.2, 0.25) is 0 Å². The fourth-order valence-corrected chi connectivity index (χ4v) is 3.60. The molecular formula is C19H25NO3S. The number of phenols is 1. The van der Waals surface area contributed by atoms with Gasteiger partial charge >= 0.3 is 5.97 Å². The third kappa shape index (κ3) is 4.51. The topological polar surface area (TPSA) is 60.8 Å². The van der Waals surface area contributed by atoms with Gasteiger partial charge in [0.1, 0.15) is 11.3 Å². The molecule has 0 amide bonds. The number of hydrogen-bond acceptors (Lipinski definition) is 4. The SMILES string of the molecule is CCCCN(CCCC)c1ccc(-c2ccc(C(=O)O)c(O)c2)s1.